The molecule has 0 amide bonds. The van der Waals surface area contributed by atoms with Gasteiger partial charge in [-0.05, 0) is 25.1 Å². The minimum atomic E-state index is 0.0661. The Kier molecular flexibility index (Phi) is 4.14. The maximum absolute atomic E-state index is 11.7. The summed E-state index contributed by atoms with van der Waals surface area (Å²) < 4.78 is 0.915. The second-order valence-electron chi connectivity index (χ2n) is 4.05. The molecule has 1 aromatic carbocycles. The number of carbonyl (C=O) groups excluding carboxylic acids is 1. The number of hydrogen-bond acceptors (Lipinski definition) is 4. The topological polar surface area (TPSA) is 33.2 Å². The van der Waals surface area contributed by atoms with Crippen LogP contribution >= 0.6 is 27.3 Å². The Hall–Kier alpha value is -1.20. The van der Waals surface area contributed by atoms with Gasteiger partial charge in [0, 0.05) is 28.2 Å². The van der Waals surface area contributed by atoms with E-state index in [1.807, 2.05) is 41.0 Å². The van der Waals surface area contributed by atoms with Crippen LogP contribution in [0.2, 0.25) is 0 Å². The van der Waals surface area contributed by atoms with Gasteiger partial charge in [-0.1, -0.05) is 15.9 Å². The van der Waals surface area contributed by atoms with Gasteiger partial charge in [0.2, 0.25) is 0 Å². The van der Waals surface area contributed by atoms with Crippen LogP contribution in [0.15, 0.2) is 33.6 Å². The first-order valence-corrected chi connectivity index (χ1v) is 7.20. The first kappa shape index (κ1) is 13.2. The van der Waals surface area contributed by atoms with Crippen LogP contribution in [0.25, 0.3) is 0 Å². The highest BCUT2D eigenvalue weighted by atomic mass is 79.9. The summed E-state index contributed by atoms with van der Waals surface area (Å²) in [5.41, 5.74) is 4.48. The van der Waals surface area contributed by atoms with Crippen LogP contribution in [0, 0.1) is 0 Å². The molecule has 94 valence electrons. The number of anilines is 1. The van der Waals surface area contributed by atoms with Gasteiger partial charge in [-0.25, -0.2) is 4.98 Å². The van der Waals surface area contributed by atoms with Crippen molar-refractivity contribution >= 4 is 38.7 Å². The number of carbonyl (C=O) groups is 1. The molecule has 0 aliphatic heterocycles. The molecule has 18 heavy (non-hydrogen) atoms. The van der Waals surface area contributed by atoms with E-state index in [0.717, 1.165) is 21.4 Å². The van der Waals surface area contributed by atoms with Gasteiger partial charge in [-0.3, -0.25) is 4.79 Å². The number of Topliss-reactive ketones (excluding diaryl/α,β-unsaturated/α-hetero) is 1. The first-order chi connectivity index (χ1) is 8.58. The van der Waals surface area contributed by atoms with E-state index < -0.39 is 0 Å². The van der Waals surface area contributed by atoms with Crippen LogP contribution in [0.3, 0.4) is 0 Å². The molecule has 0 radical (unpaired) electrons. The van der Waals surface area contributed by atoms with E-state index in [1.54, 1.807) is 18.3 Å². The number of benzene rings is 1. The summed E-state index contributed by atoms with van der Waals surface area (Å²) in [5, 5.41) is 2.02. The molecule has 0 bridgehead atoms. The van der Waals surface area contributed by atoms with Crippen LogP contribution in [-0.4, -0.2) is 17.8 Å². The van der Waals surface area contributed by atoms with Gasteiger partial charge in [0.15, 0.2) is 5.78 Å². The van der Waals surface area contributed by atoms with Gasteiger partial charge < -0.3 is 4.90 Å². The molecule has 2 rings (SSSR count). The number of nitrogens with zero attached hydrogens (tertiary/aromatic N) is 2. The molecule has 0 saturated heterocycles. The number of rotatable bonds is 4. The summed E-state index contributed by atoms with van der Waals surface area (Å²) in [6, 6.07) is 5.75. The Labute approximate surface area is 119 Å². The fourth-order valence-corrected chi connectivity index (χ4v) is 2.68. The van der Waals surface area contributed by atoms with E-state index in [-0.39, 0.29) is 5.78 Å². The van der Waals surface area contributed by atoms with Crippen molar-refractivity contribution in [2.75, 3.05) is 11.9 Å². The highest BCUT2D eigenvalue weighted by molar-refractivity contribution is 9.10. The third kappa shape index (κ3) is 2.97. The fourth-order valence-electron chi connectivity index (χ4n) is 1.77. The summed E-state index contributed by atoms with van der Waals surface area (Å²) in [5.74, 6) is 0.0661. The Bertz CT molecular complexity index is 554. The molecule has 0 N–H and O–H groups in total. The van der Waals surface area contributed by atoms with Crippen molar-refractivity contribution in [2.24, 2.45) is 0 Å². The van der Waals surface area contributed by atoms with Crippen LogP contribution in [0.4, 0.5) is 5.69 Å². The SMILES string of the molecule is CC(=O)c1cc(Br)ccc1N(C)Cc1cscn1. The van der Waals surface area contributed by atoms with E-state index in [0.29, 0.717) is 6.54 Å². The zero-order chi connectivity index (χ0) is 13.1. The normalized spacial score (nSPS) is 10.4. The minimum Gasteiger partial charge on any atom is -0.368 e. The Morgan fingerprint density at radius 2 is 2.28 bits per heavy atom. The molecule has 0 aliphatic rings. The number of aromatic nitrogens is 1. The lowest BCUT2D eigenvalue weighted by Crippen LogP contribution is -2.19. The van der Waals surface area contributed by atoms with E-state index in [2.05, 4.69) is 20.9 Å². The molecule has 1 aromatic heterocycles. The van der Waals surface area contributed by atoms with Crippen LogP contribution < -0.4 is 4.90 Å². The second-order valence-corrected chi connectivity index (χ2v) is 5.69. The summed E-state index contributed by atoms with van der Waals surface area (Å²) in [7, 11) is 1.97. The van der Waals surface area contributed by atoms with Crippen LogP contribution in [-0.2, 0) is 6.54 Å². The zero-order valence-corrected chi connectivity index (χ0v) is 12.6. The molecule has 3 nitrogen and oxygen atoms in total. The van der Waals surface area contributed by atoms with Crippen LogP contribution in [0.1, 0.15) is 23.0 Å². The Balaban J connectivity index is 2.29. The van der Waals surface area contributed by atoms with Crippen molar-refractivity contribution in [3.05, 3.63) is 44.8 Å². The molecule has 0 spiro atoms. The summed E-state index contributed by atoms with van der Waals surface area (Å²) >= 11 is 4.97. The van der Waals surface area contributed by atoms with Crippen molar-refractivity contribution in [3.8, 4) is 0 Å². The number of hydrogen-bond donors (Lipinski definition) is 0. The smallest absolute Gasteiger partial charge is 0.161 e. The summed E-state index contributed by atoms with van der Waals surface area (Å²) in [4.78, 5) is 18.0. The summed E-state index contributed by atoms with van der Waals surface area (Å²) in [6.07, 6.45) is 0. The lowest BCUT2D eigenvalue weighted by Gasteiger charge is -2.21. The predicted molar refractivity (Wildman–Crippen MR) is 78.4 cm³/mol. The first-order valence-electron chi connectivity index (χ1n) is 5.46. The Morgan fingerprint density at radius 1 is 1.50 bits per heavy atom. The highest BCUT2D eigenvalue weighted by Crippen LogP contribution is 2.25. The number of halogens is 1. The van der Waals surface area contributed by atoms with Gasteiger partial charge in [-0.15, -0.1) is 11.3 Å². The van der Waals surface area contributed by atoms with Crippen molar-refractivity contribution in [2.45, 2.75) is 13.5 Å². The van der Waals surface area contributed by atoms with E-state index in [9.17, 15) is 4.79 Å². The lowest BCUT2D eigenvalue weighted by atomic mass is 10.1. The van der Waals surface area contributed by atoms with E-state index >= 15 is 0 Å². The molecule has 0 aliphatic carbocycles. The van der Waals surface area contributed by atoms with Gasteiger partial charge >= 0.3 is 0 Å². The van der Waals surface area contributed by atoms with Crippen molar-refractivity contribution in [1.82, 2.24) is 4.98 Å². The molecule has 0 saturated carbocycles. The largest absolute Gasteiger partial charge is 0.368 e. The van der Waals surface area contributed by atoms with Crippen molar-refractivity contribution in [3.63, 3.8) is 0 Å². The van der Waals surface area contributed by atoms with Crippen molar-refractivity contribution in [1.29, 1.82) is 0 Å². The maximum atomic E-state index is 11.7. The number of thiazole rings is 1. The molecule has 5 heteroatoms. The molecule has 0 atom stereocenters. The third-order valence-electron chi connectivity index (χ3n) is 2.63. The van der Waals surface area contributed by atoms with E-state index in [1.165, 1.54) is 0 Å². The Morgan fingerprint density at radius 3 is 2.89 bits per heavy atom. The average molecular weight is 325 g/mol. The summed E-state index contributed by atoms with van der Waals surface area (Å²) in [6.45, 7) is 2.29. The highest BCUT2D eigenvalue weighted by Gasteiger charge is 2.12. The van der Waals surface area contributed by atoms with Gasteiger partial charge in [0.05, 0.1) is 17.7 Å². The zero-order valence-electron chi connectivity index (χ0n) is 10.2. The van der Waals surface area contributed by atoms with Gasteiger partial charge in [0.25, 0.3) is 0 Å². The van der Waals surface area contributed by atoms with Crippen LogP contribution in [0.5, 0.6) is 0 Å². The molecule has 2 aromatic rings. The minimum absolute atomic E-state index is 0.0661. The molecule has 0 fully saturated rings. The quantitative estimate of drug-likeness (QED) is 0.803. The molecule has 0 unspecified atom stereocenters. The van der Waals surface area contributed by atoms with Crippen molar-refractivity contribution < 1.29 is 4.79 Å². The predicted octanol–water partition coefficient (Wildman–Crippen LogP) is 3.74. The monoisotopic (exact) mass is 324 g/mol. The molecule has 1 heterocycles. The molecular weight excluding hydrogens is 312 g/mol. The second kappa shape index (κ2) is 5.63. The molecular formula is C13H13BrN2OS. The van der Waals surface area contributed by atoms with Gasteiger partial charge in [0.1, 0.15) is 0 Å². The van der Waals surface area contributed by atoms with Gasteiger partial charge in [-0.2, -0.15) is 0 Å². The third-order valence-corrected chi connectivity index (χ3v) is 3.76. The fraction of sp³-hybridized carbons (Fsp3) is 0.231. The lowest BCUT2D eigenvalue weighted by molar-refractivity contribution is 0.101. The standard InChI is InChI=1S/C13H13BrN2OS/c1-9(17)12-5-10(14)3-4-13(12)16(2)6-11-7-18-8-15-11/h3-5,7-8H,6H2,1-2H3. The maximum Gasteiger partial charge on any atom is 0.161 e. The van der Waals surface area contributed by atoms with E-state index in [4.69, 9.17) is 0 Å². The average Bonchev–Trinajstić information content (AvgIpc) is 2.81. The number of ketones is 1.